The minimum Gasteiger partial charge on any atom is -0.496 e. The number of para-hydroxylation sites is 1. The maximum Gasteiger partial charge on any atom is 0.426 e. The van der Waals surface area contributed by atoms with Gasteiger partial charge in [0.15, 0.2) is 16.8 Å². The molecule has 3 aromatic carbocycles. The largest absolute Gasteiger partial charge is 0.496 e. The van der Waals surface area contributed by atoms with E-state index in [4.69, 9.17) is 19.9 Å². The van der Waals surface area contributed by atoms with Gasteiger partial charge in [-0.2, -0.15) is 4.98 Å². The van der Waals surface area contributed by atoms with Gasteiger partial charge in [0.25, 0.3) is 17.4 Å². The molecule has 18 N–H and O–H groups in total. The van der Waals surface area contributed by atoms with Crippen molar-refractivity contribution in [2.24, 2.45) is 11.3 Å². The van der Waals surface area contributed by atoms with Crippen molar-refractivity contribution in [3.63, 3.8) is 0 Å². The third kappa shape index (κ3) is 19.9. The fourth-order valence-corrected chi connectivity index (χ4v) is 20.7. The average Bonchev–Trinajstić information content (AvgIpc) is 1.49. The van der Waals surface area contributed by atoms with Gasteiger partial charge in [-0.3, -0.25) is 73.2 Å². The molecule has 670 valence electrons. The third-order valence-corrected chi connectivity index (χ3v) is 26.6. The lowest BCUT2D eigenvalue weighted by atomic mass is 9.47. The van der Waals surface area contributed by atoms with Crippen LogP contribution in [0.5, 0.6) is 5.75 Å². The van der Waals surface area contributed by atoms with Crippen LogP contribution in [0, 0.1) is 11.3 Å². The Hall–Kier alpha value is -11.2. The Morgan fingerprint density at radius 2 is 1.51 bits per heavy atom. The van der Waals surface area contributed by atoms with Gasteiger partial charge < -0.3 is 92.2 Å². The molecule has 2 bridgehead atoms. The molecule has 12 rings (SSSR count). The molecule has 8 heterocycles. The maximum absolute atomic E-state index is 15.5. The minimum absolute atomic E-state index is 0.00686. The number of hydrogen-bond donors (Lipinski definition) is 17. The molecule has 1 spiro atoms. The lowest BCUT2D eigenvalue weighted by molar-refractivity contribution is -0.204. The Labute approximate surface area is 720 Å². The number of ether oxygens (including phenoxy) is 3. The fraction of sp³-hybridized carbons (Fsp3) is 0.524. The molecule has 2 saturated heterocycles. The predicted molar refractivity (Wildman–Crippen MR) is 456 cm³/mol. The number of piperidine rings is 1. The number of aliphatic carboxylic acids is 4. The minimum atomic E-state index is -2.65. The van der Waals surface area contributed by atoms with E-state index in [9.17, 15) is 83.7 Å². The van der Waals surface area contributed by atoms with Crippen molar-refractivity contribution >= 4 is 126 Å². The lowest BCUT2D eigenvalue weighted by Gasteiger charge is -2.63. The molecule has 12 atom stereocenters. The zero-order chi connectivity index (χ0) is 89.8. The van der Waals surface area contributed by atoms with Gasteiger partial charge in [-0.05, 0) is 111 Å². The number of nitrogen functional groups attached to an aromatic ring is 1. The van der Waals surface area contributed by atoms with Crippen molar-refractivity contribution < 1.29 is 103 Å². The Kier molecular flexibility index (Phi) is 30.3. The number of aromatic amines is 2. The molecular formula is C82H108N18O22S2. The number of likely N-dealkylation sites (N-methyl/N-ethyl adjacent to an activating group) is 2. The number of benzene rings is 3. The zero-order valence-electron chi connectivity index (χ0n) is 69.9. The second-order valence-corrected chi connectivity index (χ2v) is 34.6. The van der Waals surface area contributed by atoms with Crippen molar-refractivity contribution in [3.8, 4) is 5.75 Å². The summed E-state index contributed by atoms with van der Waals surface area (Å²) in [5.74, 6) is -8.87. The molecule has 42 heteroatoms. The summed E-state index contributed by atoms with van der Waals surface area (Å²) < 4.78 is 17.7. The van der Waals surface area contributed by atoms with E-state index >= 15 is 9.59 Å². The number of amides is 6. The summed E-state index contributed by atoms with van der Waals surface area (Å²) in [6.07, 6.45) is 5.64. The van der Waals surface area contributed by atoms with Crippen molar-refractivity contribution in [2.45, 2.75) is 137 Å². The second kappa shape index (κ2) is 40.2. The van der Waals surface area contributed by atoms with Crippen molar-refractivity contribution in [1.82, 2.24) is 76.6 Å². The number of nitrogens with two attached hydrogens (primary N) is 1. The molecule has 1 saturated carbocycles. The van der Waals surface area contributed by atoms with Crippen LogP contribution < -0.4 is 58.4 Å². The maximum atomic E-state index is 15.5. The Balaban J connectivity index is 0.000000356. The van der Waals surface area contributed by atoms with E-state index in [1.165, 1.54) is 49.4 Å². The van der Waals surface area contributed by atoms with Crippen molar-refractivity contribution in [2.75, 3.05) is 141 Å². The number of hydrogen-bond acceptors (Lipinski definition) is 30. The smallest absolute Gasteiger partial charge is 0.426 e. The van der Waals surface area contributed by atoms with E-state index in [0.717, 1.165) is 50.0 Å². The number of carboxylic acids is 4. The molecule has 40 nitrogen and oxygen atoms in total. The number of carboxylic acid groups (broad SMARTS) is 4. The molecule has 6 aromatic rings. The molecule has 1 aliphatic carbocycles. The quantitative estimate of drug-likeness (QED) is 0.00853. The number of methoxy groups -OCH3 is 2. The van der Waals surface area contributed by atoms with E-state index < -0.39 is 142 Å². The number of carbonyl (C=O) groups is 11. The number of hydrazine groups is 1. The highest BCUT2D eigenvalue weighted by molar-refractivity contribution is 8.76. The standard InChI is InChI=1S/C60H82N10O17S2.C22H26N8O5/c1-7-56(83)26-35-27-59(54(81)86-6,48-37(14-18-69(28-35)34-56)36-12-9-10-13-40(36)63-48)39-24-38-42(25-43(39)85-5)66(4)51-58(38)16-19-70-17-11-15-57(8-2,50(58)70)52(79)60(51,84)53(80)64-65-55(82)87-22-23-88-89-33-41(49(77)78)62-45(72)30-68(32-47(75)76)21-20-67(31-46(73)74)29-44(71)61-3;1-2-9-24-16(31)8-7-15(21(34)35)28-19(32)12-3-5-13(6-4-12)25-10-14-11-26-18-17(27-14)20(33)30-22(23)29-18/h9-13,15,24-25,35,41,50-52,63,79,83-84H,7-8,14,16-23,26-34H2,1-6H3,(H,61,71)(H,62,72)(H,64,80)(H,65,82)(H,73,74)(H,75,76)(H,77,78);3-6,11,15,25H,2,7-10H2,1H3,(H,24,31)(H,28,32)(H,34,35)(H3,23,26,29,30,33)/t35-,41+,50+,51-,52-,56+,57-,58-,59+,60+;15-/m11/s1. The third-order valence-electron chi connectivity index (χ3n) is 24.2. The molecular weight excluding hydrogens is 1650 g/mol. The van der Waals surface area contributed by atoms with Gasteiger partial charge >= 0.3 is 35.9 Å². The first-order valence-electron chi connectivity index (χ1n) is 40.8. The van der Waals surface area contributed by atoms with E-state index in [0.29, 0.717) is 99.0 Å². The molecule has 124 heavy (non-hydrogen) atoms. The summed E-state index contributed by atoms with van der Waals surface area (Å²) in [5, 5.41) is 90.5. The molecule has 6 amide bonds. The lowest BCUT2D eigenvalue weighted by Crippen LogP contribution is -2.82. The summed E-state index contributed by atoms with van der Waals surface area (Å²) in [6, 6.07) is 13.9. The molecule has 1 unspecified atom stereocenters. The number of rotatable bonds is 36. The summed E-state index contributed by atoms with van der Waals surface area (Å²) in [7, 11) is 8.16. The number of carbonyl (C=O) groups excluding carboxylic acids is 7. The molecule has 3 fully saturated rings. The Bertz CT molecular complexity index is 5080. The number of aliphatic hydroxyl groups is 3. The van der Waals surface area contributed by atoms with Gasteiger partial charge in [-0.1, -0.05) is 72.7 Å². The predicted octanol–water partition coefficient (Wildman–Crippen LogP) is 0.871. The van der Waals surface area contributed by atoms with Crippen LogP contribution >= 0.6 is 21.6 Å². The van der Waals surface area contributed by atoms with Crippen LogP contribution in [0.25, 0.3) is 22.1 Å². The monoisotopic (exact) mass is 1760 g/mol. The summed E-state index contributed by atoms with van der Waals surface area (Å²) in [4.78, 5) is 179. The molecule has 6 aliphatic rings. The van der Waals surface area contributed by atoms with Crippen LogP contribution in [0.4, 0.5) is 22.1 Å². The van der Waals surface area contributed by atoms with Gasteiger partial charge in [0.05, 0.1) is 70.5 Å². The van der Waals surface area contributed by atoms with Crippen molar-refractivity contribution in [1.29, 1.82) is 0 Å². The van der Waals surface area contributed by atoms with Crippen molar-refractivity contribution in [3.05, 3.63) is 123 Å². The van der Waals surface area contributed by atoms with Crippen LogP contribution in [0.15, 0.2) is 83.8 Å². The zero-order valence-corrected chi connectivity index (χ0v) is 71.5. The number of aromatic nitrogens is 5. The first-order valence-corrected chi connectivity index (χ1v) is 43.3. The number of nitrogens with zero attached hydrogens (tertiary/aromatic N) is 8. The fourth-order valence-electron chi connectivity index (χ4n) is 18.7. The van der Waals surface area contributed by atoms with Crippen LogP contribution in [-0.2, 0) is 76.4 Å². The Morgan fingerprint density at radius 1 is 0.798 bits per heavy atom. The van der Waals surface area contributed by atoms with E-state index in [-0.39, 0.29) is 104 Å². The summed E-state index contributed by atoms with van der Waals surface area (Å²) in [5.41, 5.74) is 7.96. The number of aliphatic hydroxyl groups excluding tert-OH is 1. The average molecular weight is 1760 g/mol. The van der Waals surface area contributed by atoms with E-state index in [1.54, 1.807) is 24.1 Å². The molecule has 0 radical (unpaired) electrons. The Morgan fingerprint density at radius 3 is 2.17 bits per heavy atom. The molecule has 3 aromatic heterocycles. The van der Waals surface area contributed by atoms with Crippen LogP contribution in [-0.4, -0.2) is 312 Å². The van der Waals surface area contributed by atoms with E-state index in [1.807, 2.05) is 69.3 Å². The highest BCUT2D eigenvalue weighted by Gasteiger charge is 2.79. The highest BCUT2D eigenvalue weighted by atomic mass is 33.1. The van der Waals surface area contributed by atoms with Gasteiger partial charge in [0.1, 0.15) is 36.0 Å². The van der Waals surface area contributed by atoms with Crippen LogP contribution in [0.1, 0.15) is 111 Å². The van der Waals surface area contributed by atoms with Gasteiger partial charge in [0.2, 0.25) is 23.7 Å². The normalized spacial score (nSPS) is 23.8. The topological polar surface area (TPSA) is 571 Å². The van der Waals surface area contributed by atoms with E-state index in [2.05, 4.69) is 72.2 Å². The van der Waals surface area contributed by atoms with Crippen LogP contribution in [0.2, 0.25) is 0 Å². The van der Waals surface area contributed by atoms with Gasteiger partial charge in [0, 0.05) is 140 Å². The van der Waals surface area contributed by atoms with Gasteiger partial charge in [-0.25, -0.2) is 29.8 Å². The van der Waals surface area contributed by atoms with Crippen LogP contribution in [0.3, 0.4) is 0 Å². The second-order valence-electron chi connectivity index (χ2n) is 32.0. The summed E-state index contributed by atoms with van der Waals surface area (Å²) >= 11 is 0. The number of H-pyrrole nitrogens is 2. The summed E-state index contributed by atoms with van der Waals surface area (Å²) in [6.45, 7) is 6.85. The first kappa shape index (κ1) is 93.4. The number of fused-ring (bicyclic) bond motifs is 7. The number of esters is 1. The highest BCUT2D eigenvalue weighted by Crippen LogP contribution is 2.68. The first-order chi connectivity index (χ1) is 59.1. The molecule has 5 aliphatic heterocycles. The number of anilines is 3. The van der Waals surface area contributed by atoms with Gasteiger partial charge in [-0.15, -0.1) is 0 Å². The number of nitrogens with one attached hydrogen (secondary N) is 9. The SMILES string of the molecule is CCCNC(=O)CC[C@@H](NC(=O)c1ccc(NCc2cnc3nc(N)[nH]c(=O)c3n2)cc1)C(=O)O.CC[C@]1(O)C[C@H]2CN(CCc3c([nH]c4ccccc34)[C@@](C(=O)OC)(c3cc4c(cc3OC)N(C)[C@H]3[C@@](O)(C(=O)NNC(=O)OCCSSC[C@H](NC(=O)CN(CCN(CC(=O)O)CC(=O)NC)CC(=O)O)C(=O)O)[C@H](O)[C@]5(CC)C=CCN6CC[C@]43[C@@H]65)C2)C1.